The van der Waals surface area contributed by atoms with Gasteiger partial charge in [0.1, 0.15) is 0 Å². The van der Waals surface area contributed by atoms with Gasteiger partial charge in [-0.15, -0.1) is 0 Å². The molecule has 0 radical (unpaired) electrons. The zero-order valence-corrected chi connectivity index (χ0v) is 11.4. The molecule has 1 aliphatic rings. The molecule has 110 valence electrons. The number of hydrogen-bond acceptors (Lipinski definition) is 7. The summed E-state index contributed by atoms with van der Waals surface area (Å²) in [6.07, 6.45) is 0. The molecular weight excluding hydrogens is 264 g/mol. The summed E-state index contributed by atoms with van der Waals surface area (Å²) in [4.78, 5) is 18.9. The Balaban J connectivity index is 2.17. The van der Waals surface area contributed by atoms with Crippen molar-refractivity contribution in [2.45, 2.75) is 0 Å². The van der Waals surface area contributed by atoms with Crippen LogP contribution in [-0.4, -0.2) is 66.4 Å². The van der Waals surface area contributed by atoms with Crippen LogP contribution >= 0.6 is 0 Å². The third-order valence-electron chi connectivity index (χ3n) is 3.32. The van der Waals surface area contributed by atoms with Gasteiger partial charge in [-0.25, -0.2) is 0 Å². The van der Waals surface area contributed by atoms with E-state index in [0.717, 1.165) is 13.1 Å². The molecule has 2 rings (SSSR count). The van der Waals surface area contributed by atoms with Crippen molar-refractivity contribution >= 4 is 11.5 Å². The first-order valence-electron chi connectivity index (χ1n) is 6.43. The molecule has 1 N–H and O–H groups in total. The topological polar surface area (TPSA) is 92.0 Å². The van der Waals surface area contributed by atoms with Gasteiger partial charge in [-0.3, -0.25) is 15.0 Å². The number of pyridine rings is 1. The highest BCUT2D eigenvalue weighted by atomic mass is 16.6. The van der Waals surface area contributed by atoms with Gasteiger partial charge in [0.2, 0.25) is 11.7 Å². The number of aliphatic hydroxyl groups excluding tert-OH is 1. The van der Waals surface area contributed by atoms with Crippen LogP contribution in [0.1, 0.15) is 0 Å². The SMILES string of the molecule is COc1ccc([N+](=O)[O-])c(N2CCN(CCO)CC2)n1. The molecule has 20 heavy (non-hydrogen) atoms. The van der Waals surface area contributed by atoms with Gasteiger partial charge in [-0.1, -0.05) is 0 Å². The predicted molar refractivity (Wildman–Crippen MR) is 73.2 cm³/mol. The van der Waals surface area contributed by atoms with Gasteiger partial charge in [-0.05, 0) is 0 Å². The number of rotatable bonds is 5. The molecule has 0 aromatic carbocycles. The Morgan fingerprint density at radius 1 is 1.40 bits per heavy atom. The number of aliphatic hydroxyl groups is 1. The Kier molecular flexibility index (Phi) is 4.70. The third kappa shape index (κ3) is 3.14. The average Bonchev–Trinajstić information content (AvgIpc) is 2.47. The Morgan fingerprint density at radius 3 is 2.65 bits per heavy atom. The molecule has 1 saturated heterocycles. The van der Waals surface area contributed by atoms with Crippen molar-refractivity contribution in [3.63, 3.8) is 0 Å². The molecule has 1 aromatic rings. The Morgan fingerprint density at radius 2 is 2.10 bits per heavy atom. The fourth-order valence-electron chi connectivity index (χ4n) is 2.24. The highest BCUT2D eigenvalue weighted by molar-refractivity contribution is 5.59. The van der Waals surface area contributed by atoms with E-state index in [-0.39, 0.29) is 12.3 Å². The van der Waals surface area contributed by atoms with Crippen LogP contribution in [0.3, 0.4) is 0 Å². The number of piperazine rings is 1. The molecule has 0 saturated carbocycles. The number of β-amino-alcohol motifs (C(OH)–C–C–N with tert-alkyl or cyclic N) is 1. The van der Waals surface area contributed by atoms with Gasteiger partial charge in [0.25, 0.3) is 0 Å². The maximum atomic E-state index is 11.1. The lowest BCUT2D eigenvalue weighted by Gasteiger charge is -2.34. The highest BCUT2D eigenvalue weighted by Gasteiger charge is 2.25. The summed E-state index contributed by atoms with van der Waals surface area (Å²) < 4.78 is 5.04. The fourth-order valence-corrected chi connectivity index (χ4v) is 2.24. The van der Waals surface area contributed by atoms with Crippen LogP contribution in [0.4, 0.5) is 11.5 Å². The first-order chi connectivity index (χ1) is 9.65. The van der Waals surface area contributed by atoms with E-state index < -0.39 is 4.92 Å². The monoisotopic (exact) mass is 282 g/mol. The van der Waals surface area contributed by atoms with Gasteiger partial charge in [0.15, 0.2) is 0 Å². The van der Waals surface area contributed by atoms with Crippen LogP contribution in [-0.2, 0) is 0 Å². The summed E-state index contributed by atoms with van der Waals surface area (Å²) in [6.45, 7) is 3.52. The fraction of sp³-hybridized carbons (Fsp3) is 0.583. The second-order valence-corrected chi connectivity index (χ2v) is 4.51. The number of nitro groups is 1. The van der Waals surface area contributed by atoms with Gasteiger partial charge < -0.3 is 14.7 Å². The molecule has 0 atom stereocenters. The largest absolute Gasteiger partial charge is 0.481 e. The van der Waals surface area contributed by atoms with Crippen molar-refractivity contribution in [2.75, 3.05) is 51.3 Å². The number of nitrogens with zero attached hydrogens (tertiary/aromatic N) is 4. The molecule has 2 heterocycles. The maximum Gasteiger partial charge on any atom is 0.311 e. The number of hydrogen-bond donors (Lipinski definition) is 1. The number of methoxy groups -OCH3 is 1. The minimum atomic E-state index is -0.429. The lowest BCUT2D eigenvalue weighted by molar-refractivity contribution is -0.384. The molecule has 1 fully saturated rings. The standard InChI is InChI=1S/C12H18N4O4/c1-20-11-3-2-10(16(18)19)12(13-11)15-6-4-14(5-7-15)8-9-17/h2-3,17H,4-9H2,1H3. The smallest absolute Gasteiger partial charge is 0.311 e. The van der Waals surface area contributed by atoms with Crippen molar-refractivity contribution in [2.24, 2.45) is 0 Å². The maximum absolute atomic E-state index is 11.1. The predicted octanol–water partition coefficient (Wildman–Crippen LogP) is 0.113. The van der Waals surface area contributed by atoms with Crippen LogP contribution in [0.5, 0.6) is 5.88 Å². The second kappa shape index (κ2) is 6.49. The summed E-state index contributed by atoms with van der Waals surface area (Å²) in [6, 6.07) is 2.91. The van der Waals surface area contributed by atoms with E-state index in [1.807, 2.05) is 4.90 Å². The first kappa shape index (κ1) is 14.5. The van der Waals surface area contributed by atoms with Crippen molar-refractivity contribution in [1.29, 1.82) is 0 Å². The summed E-state index contributed by atoms with van der Waals surface area (Å²) in [5, 5.41) is 20.0. The van der Waals surface area contributed by atoms with E-state index in [4.69, 9.17) is 9.84 Å². The van der Waals surface area contributed by atoms with Crippen LogP contribution in [0.25, 0.3) is 0 Å². The van der Waals surface area contributed by atoms with E-state index in [9.17, 15) is 10.1 Å². The van der Waals surface area contributed by atoms with Crippen LogP contribution < -0.4 is 9.64 Å². The molecule has 0 unspecified atom stereocenters. The molecule has 1 aromatic heterocycles. The van der Waals surface area contributed by atoms with E-state index in [0.29, 0.717) is 31.3 Å². The number of anilines is 1. The van der Waals surface area contributed by atoms with Gasteiger partial charge in [0, 0.05) is 44.9 Å². The molecule has 0 bridgehead atoms. The summed E-state index contributed by atoms with van der Waals surface area (Å²) in [5.41, 5.74) is -0.0126. The van der Waals surface area contributed by atoms with Crippen molar-refractivity contribution < 1.29 is 14.8 Å². The molecular formula is C12H18N4O4. The number of aromatic nitrogens is 1. The third-order valence-corrected chi connectivity index (χ3v) is 3.32. The summed E-state index contributed by atoms with van der Waals surface area (Å²) >= 11 is 0. The average molecular weight is 282 g/mol. The minimum Gasteiger partial charge on any atom is -0.481 e. The molecule has 0 spiro atoms. The van der Waals surface area contributed by atoms with Crippen molar-refractivity contribution in [3.05, 3.63) is 22.2 Å². The molecule has 0 amide bonds. The highest BCUT2D eigenvalue weighted by Crippen LogP contribution is 2.29. The van der Waals surface area contributed by atoms with Crippen LogP contribution in [0.2, 0.25) is 0 Å². The molecule has 1 aliphatic heterocycles. The summed E-state index contributed by atoms with van der Waals surface area (Å²) in [5.74, 6) is 0.710. The lowest BCUT2D eigenvalue weighted by Crippen LogP contribution is -2.47. The Bertz CT molecular complexity index is 475. The normalized spacial score (nSPS) is 16.2. The Labute approximate surface area is 116 Å². The quantitative estimate of drug-likeness (QED) is 0.605. The van der Waals surface area contributed by atoms with E-state index in [2.05, 4.69) is 9.88 Å². The second-order valence-electron chi connectivity index (χ2n) is 4.51. The molecule has 8 nitrogen and oxygen atoms in total. The lowest BCUT2D eigenvalue weighted by atomic mass is 10.3. The minimum absolute atomic E-state index is 0.0126. The van der Waals surface area contributed by atoms with Gasteiger partial charge in [0.05, 0.1) is 18.6 Å². The van der Waals surface area contributed by atoms with Crippen molar-refractivity contribution in [1.82, 2.24) is 9.88 Å². The van der Waals surface area contributed by atoms with E-state index in [1.54, 1.807) is 0 Å². The Hall–Kier alpha value is -1.93. The zero-order valence-electron chi connectivity index (χ0n) is 11.4. The van der Waals surface area contributed by atoms with E-state index in [1.165, 1.54) is 19.2 Å². The molecule has 0 aliphatic carbocycles. The van der Waals surface area contributed by atoms with Gasteiger partial charge >= 0.3 is 5.69 Å². The number of ether oxygens (including phenoxy) is 1. The van der Waals surface area contributed by atoms with Gasteiger partial charge in [-0.2, -0.15) is 4.98 Å². The molecule has 8 heteroatoms. The summed E-state index contributed by atoms with van der Waals surface area (Å²) in [7, 11) is 1.48. The van der Waals surface area contributed by atoms with Crippen LogP contribution in [0, 0.1) is 10.1 Å². The van der Waals surface area contributed by atoms with E-state index >= 15 is 0 Å². The zero-order chi connectivity index (χ0) is 14.5. The van der Waals surface area contributed by atoms with Crippen LogP contribution in [0.15, 0.2) is 12.1 Å². The first-order valence-corrected chi connectivity index (χ1v) is 6.43. The van der Waals surface area contributed by atoms with Crippen molar-refractivity contribution in [3.8, 4) is 5.88 Å².